The van der Waals surface area contributed by atoms with Crippen molar-refractivity contribution in [1.29, 1.82) is 0 Å². The average Bonchev–Trinajstić information content (AvgIpc) is 2.33. The van der Waals surface area contributed by atoms with Gasteiger partial charge in [0.1, 0.15) is 5.82 Å². The molecular weight excluding hydrogens is 306 g/mol. The smallest absolute Gasteiger partial charge is 0.239 e. The summed E-state index contributed by atoms with van der Waals surface area (Å²) in [5, 5.41) is 12.5. The first-order valence-electron chi connectivity index (χ1n) is 5.01. The lowest BCUT2D eigenvalue weighted by molar-refractivity contribution is 0.288. The molecule has 8 heteroatoms. The van der Waals surface area contributed by atoms with E-state index in [1.54, 1.807) is 18.0 Å². The molecule has 0 saturated carbocycles. The highest BCUT2D eigenvalue weighted by atomic mass is 79.9. The molecule has 0 bridgehead atoms. The van der Waals surface area contributed by atoms with E-state index in [4.69, 9.17) is 5.84 Å². The van der Waals surface area contributed by atoms with E-state index in [9.17, 15) is 5.11 Å². The van der Waals surface area contributed by atoms with Crippen molar-refractivity contribution in [1.82, 2.24) is 9.97 Å². The molecule has 0 aliphatic heterocycles. The van der Waals surface area contributed by atoms with Crippen molar-refractivity contribution >= 4 is 39.5 Å². The van der Waals surface area contributed by atoms with Crippen LogP contribution in [-0.2, 0) is 0 Å². The Balaban J connectivity index is 2.79. The second kappa shape index (κ2) is 7.00. The fourth-order valence-corrected chi connectivity index (χ4v) is 2.21. The van der Waals surface area contributed by atoms with E-state index in [-0.39, 0.29) is 17.9 Å². The van der Waals surface area contributed by atoms with Crippen molar-refractivity contribution in [3.63, 3.8) is 0 Å². The van der Waals surface area contributed by atoms with Crippen LogP contribution in [0.4, 0.5) is 11.8 Å². The number of anilines is 2. The third-order valence-electron chi connectivity index (χ3n) is 2.28. The largest absolute Gasteiger partial charge is 0.395 e. The lowest BCUT2D eigenvalue weighted by atomic mass is 10.2. The molecule has 5 N–H and O–H groups in total. The van der Waals surface area contributed by atoms with Crippen LogP contribution in [0.3, 0.4) is 0 Å². The Morgan fingerprint density at radius 1 is 1.65 bits per heavy atom. The fraction of sp³-hybridized carbons (Fsp3) is 0.556. The maximum atomic E-state index is 9.21. The van der Waals surface area contributed by atoms with E-state index in [1.165, 1.54) is 0 Å². The maximum Gasteiger partial charge on any atom is 0.239 e. The summed E-state index contributed by atoms with van der Waals surface area (Å²) in [4.78, 5) is 8.15. The second-order valence-electron chi connectivity index (χ2n) is 3.42. The van der Waals surface area contributed by atoms with Gasteiger partial charge in [0.2, 0.25) is 5.95 Å². The quantitative estimate of drug-likeness (QED) is 0.459. The van der Waals surface area contributed by atoms with Crippen LogP contribution in [0.2, 0.25) is 0 Å². The van der Waals surface area contributed by atoms with Crippen molar-refractivity contribution < 1.29 is 5.11 Å². The number of nitrogen functional groups attached to an aromatic ring is 1. The van der Waals surface area contributed by atoms with Gasteiger partial charge in [-0.1, -0.05) is 0 Å². The number of rotatable bonds is 6. The number of halogens is 1. The number of nitrogens with zero attached hydrogens (tertiary/aromatic N) is 2. The summed E-state index contributed by atoms with van der Waals surface area (Å²) in [6.45, 7) is 2.10. The average molecular weight is 322 g/mol. The Morgan fingerprint density at radius 3 is 2.88 bits per heavy atom. The van der Waals surface area contributed by atoms with Crippen LogP contribution in [0.1, 0.15) is 6.92 Å². The van der Waals surface area contributed by atoms with Gasteiger partial charge in [-0.3, -0.25) is 5.43 Å². The summed E-state index contributed by atoms with van der Waals surface area (Å²) >= 11 is 4.96. The lowest BCUT2D eigenvalue weighted by Gasteiger charge is -2.22. The Morgan fingerprint density at radius 2 is 2.35 bits per heavy atom. The highest BCUT2D eigenvalue weighted by Crippen LogP contribution is 2.22. The fourth-order valence-electron chi connectivity index (χ4n) is 1.28. The summed E-state index contributed by atoms with van der Waals surface area (Å²) in [5.41, 5.74) is 2.39. The van der Waals surface area contributed by atoms with Crippen molar-refractivity contribution in [3.8, 4) is 0 Å². The molecule has 1 aromatic heterocycles. The molecule has 0 fully saturated rings. The van der Waals surface area contributed by atoms with Crippen molar-refractivity contribution in [2.45, 2.75) is 18.2 Å². The van der Waals surface area contributed by atoms with E-state index < -0.39 is 0 Å². The van der Waals surface area contributed by atoms with Crippen LogP contribution < -0.4 is 16.6 Å². The number of aromatic nitrogens is 2. The normalized spacial score (nSPS) is 14.2. The van der Waals surface area contributed by atoms with E-state index >= 15 is 0 Å². The van der Waals surface area contributed by atoms with Gasteiger partial charge in [0.25, 0.3) is 0 Å². The second-order valence-corrected chi connectivity index (χ2v) is 5.36. The molecule has 6 nitrogen and oxygen atoms in total. The highest BCUT2D eigenvalue weighted by Gasteiger charge is 2.16. The summed E-state index contributed by atoms with van der Waals surface area (Å²) in [7, 11) is 0. The SMILES string of the molecule is CSC(CO)C(C)Nc1nc(NN)ncc1Br. The molecular formula is C9H16BrN5OS. The van der Waals surface area contributed by atoms with Gasteiger partial charge in [0.05, 0.1) is 11.1 Å². The van der Waals surface area contributed by atoms with E-state index in [1.807, 2.05) is 13.2 Å². The summed E-state index contributed by atoms with van der Waals surface area (Å²) in [6.07, 6.45) is 3.57. The van der Waals surface area contributed by atoms with Gasteiger partial charge >= 0.3 is 0 Å². The number of nitrogens with two attached hydrogens (primary N) is 1. The zero-order chi connectivity index (χ0) is 12.8. The molecule has 1 heterocycles. The molecule has 0 saturated heterocycles. The minimum Gasteiger partial charge on any atom is -0.395 e. The predicted octanol–water partition coefficient (Wildman–Crippen LogP) is 1.05. The van der Waals surface area contributed by atoms with Crippen LogP contribution in [-0.4, -0.2) is 39.2 Å². The molecule has 0 spiro atoms. The van der Waals surface area contributed by atoms with Crippen LogP contribution in [0, 0.1) is 0 Å². The number of thioether (sulfide) groups is 1. The standard InChI is InChI=1S/C9H16BrN5OS/c1-5(7(4-16)17-2)13-8-6(10)3-12-9(14-8)15-11/h3,5,7,16H,4,11H2,1-2H3,(H2,12,13,14,15). The molecule has 1 rings (SSSR count). The Bertz CT molecular complexity index is 363. The molecule has 0 aromatic carbocycles. The molecule has 2 atom stereocenters. The zero-order valence-electron chi connectivity index (χ0n) is 9.64. The van der Waals surface area contributed by atoms with Crippen molar-refractivity contribution in [2.24, 2.45) is 5.84 Å². The third-order valence-corrected chi connectivity index (χ3v) is 4.02. The first-order chi connectivity index (χ1) is 8.12. The maximum absolute atomic E-state index is 9.21. The van der Waals surface area contributed by atoms with Gasteiger partial charge in [-0.05, 0) is 29.1 Å². The van der Waals surface area contributed by atoms with Crippen LogP contribution in [0.5, 0.6) is 0 Å². The van der Waals surface area contributed by atoms with Crippen molar-refractivity contribution in [3.05, 3.63) is 10.7 Å². The molecule has 1 aromatic rings. The minimum absolute atomic E-state index is 0.0758. The number of hydrazine groups is 1. The van der Waals surface area contributed by atoms with Gasteiger partial charge in [-0.15, -0.1) is 0 Å². The summed E-state index contributed by atoms with van der Waals surface area (Å²) in [5.74, 6) is 6.24. The molecule has 96 valence electrons. The van der Waals surface area contributed by atoms with E-state index in [0.717, 1.165) is 4.47 Å². The first-order valence-corrected chi connectivity index (χ1v) is 7.09. The summed E-state index contributed by atoms with van der Waals surface area (Å²) in [6, 6.07) is 0.0758. The van der Waals surface area contributed by atoms with Crippen molar-refractivity contribution in [2.75, 3.05) is 23.6 Å². The van der Waals surface area contributed by atoms with E-state index in [2.05, 4.69) is 36.6 Å². The molecule has 0 amide bonds. The Hall–Kier alpha value is -0.570. The number of hydrogen-bond acceptors (Lipinski definition) is 7. The Kier molecular flexibility index (Phi) is 5.96. The summed E-state index contributed by atoms with van der Waals surface area (Å²) < 4.78 is 0.751. The molecule has 0 aliphatic carbocycles. The van der Waals surface area contributed by atoms with Crippen LogP contribution in [0.25, 0.3) is 0 Å². The number of aliphatic hydroxyl groups excluding tert-OH is 1. The number of nitrogens with one attached hydrogen (secondary N) is 2. The topological polar surface area (TPSA) is 96.1 Å². The lowest BCUT2D eigenvalue weighted by Crippen LogP contribution is -2.31. The van der Waals surface area contributed by atoms with Gasteiger partial charge in [-0.2, -0.15) is 16.7 Å². The van der Waals surface area contributed by atoms with Gasteiger partial charge in [0, 0.05) is 17.5 Å². The highest BCUT2D eigenvalue weighted by molar-refractivity contribution is 9.10. The van der Waals surface area contributed by atoms with Gasteiger partial charge in [0.15, 0.2) is 0 Å². The van der Waals surface area contributed by atoms with Gasteiger partial charge in [-0.25, -0.2) is 10.8 Å². The van der Waals surface area contributed by atoms with E-state index in [0.29, 0.717) is 11.8 Å². The molecule has 17 heavy (non-hydrogen) atoms. The zero-order valence-corrected chi connectivity index (χ0v) is 12.0. The molecule has 2 unspecified atom stereocenters. The minimum atomic E-state index is 0.0758. The van der Waals surface area contributed by atoms with Crippen LogP contribution in [0.15, 0.2) is 10.7 Å². The first kappa shape index (κ1) is 14.5. The monoisotopic (exact) mass is 321 g/mol. The third kappa shape index (κ3) is 3.98. The number of aliphatic hydroxyl groups is 1. The number of hydrogen-bond donors (Lipinski definition) is 4. The van der Waals surface area contributed by atoms with Gasteiger partial charge < -0.3 is 10.4 Å². The molecule has 0 radical (unpaired) electrons. The Labute approximate surface area is 113 Å². The van der Waals surface area contributed by atoms with Crippen LogP contribution >= 0.6 is 27.7 Å². The predicted molar refractivity (Wildman–Crippen MR) is 75.0 cm³/mol. The molecule has 0 aliphatic rings.